The molecular weight excluding hydrogens is 280 g/mol. The highest BCUT2D eigenvalue weighted by Crippen LogP contribution is 2.24. The number of carbonyl (C=O) groups is 1. The van der Waals surface area contributed by atoms with Crippen LogP contribution in [0.3, 0.4) is 0 Å². The fraction of sp³-hybridized carbons (Fsp3) is 0.529. The number of nitrogens with one attached hydrogen (secondary N) is 1. The van der Waals surface area contributed by atoms with E-state index >= 15 is 0 Å². The third-order valence-electron chi connectivity index (χ3n) is 3.69. The van der Waals surface area contributed by atoms with Crippen molar-refractivity contribution in [2.75, 3.05) is 13.2 Å². The van der Waals surface area contributed by atoms with E-state index in [0.29, 0.717) is 13.2 Å². The Morgan fingerprint density at radius 2 is 2.32 bits per heavy atom. The molecule has 0 aromatic heterocycles. The number of benzene rings is 1. The second-order valence-corrected chi connectivity index (χ2v) is 6.13. The Kier molecular flexibility index (Phi) is 5.04. The van der Waals surface area contributed by atoms with E-state index < -0.39 is 5.41 Å². The third kappa shape index (κ3) is 3.99. The van der Waals surface area contributed by atoms with Crippen LogP contribution in [0.1, 0.15) is 31.4 Å². The van der Waals surface area contributed by atoms with Crippen molar-refractivity contribution >= 4 is 5.91 Å². The summed E-state index contributed by atoms with van der Waals surface area (Å²) in [6, 6.07) is 7.89. The molecule has 5 heteroatoms. The molecule has 22 heavy (non-hydrogen) atoms. The highest BCUT2D eigenvalue weighted by atomic mass is 16.5. The van der Waals surface area contributed by atoms with Crippen LogP contribution >= 0.6 is 0 Å². The molecule has 1 aliphatic rings. The molecule has 1 amide bonds. The lowest BCUT2D eigenvalue weighted by atomic mass is 9.94. The second-order valence-electron chi connectivity index (χ2n) is 6.13. The fourth-order valence-corrected chi connectivity index (χ4v) is 2.15. The SMILES string of the molecule is Cc1ccc(CNC(=O)C(C)(C)C#N)c(O[C@H]2CCOC2)c1. The van der Waals surface area contributed by atoms with E-state index in [2.05, 4.69) is 5.32 Å². The largest absolute Gasteiger partial charge is 0.488 e. The van der Waals surface area contributed by atoms with Crippen LogP contribution < -0.4 is 10.1 Å². The Morgan fingerprint density at radius 1 is 1.55 bits per heavy atom. The monoisotopic (exact) mass is 302 g/mol. The smallest absolute Gasteiger partial charge is 0.240 e. The van der Waals surface area contributed by atoms with Gasteiger partial charge in [-0.3, -0.25) is 4.79 Å². The molecule has 0 saturated carbocycles. The number of carbonyl (C=O) groups excluding carboxylic acids is 1. The summed E-state index contributed by atoms with van der Waals surface area (Å²) in [6.07, 6.45) is 0.938. The number of aryl methyl sites for hydroxylation is 1. The van der Waals surface area contributed by atoms with Crippen molar-refractivity contribution in [1.82, 2.24) is 5.32 Å². The molecular formula is C17H22N2O3. The van der Waals surface area contributed by atoms with Gasteiger partial charge in [-0.2, -0.15) is 5.26 Å². The normalized spacial score (nSPS) is 17.8. The fourth-order valence-electron chi connectivity index (χ4n) is 2.15. The van der Waals surface area contributed by atoms with Gasteiger partial charge in [-0.05, 0) is 32.4 Å². The van der Waals surface area contributed by atoms with E-state index in [9.17, 15) is 4.79 Å². The van der Waals surface area contributed by atoms with Gasteiger partial charge in [0, 0.05) is 18.5 Å². The van der Waals surface area contributed by atoms with Gasteiger partial charge in [-0.25, -0.2) is 0 Å². The molecule has 1 N–H and O–H groups in total. The summed E-state index contributed by atoms with van der Waals surface area (Å²) >= 11 is 0. The van der Waals surface area contributed by atoms with Gasteiger partial charge in [0.1, 0.15) is 17.3 Å². The maximum atomic E-state index is 12.0. The topological polar surface area (TPSA) is 71.4 Å². The quantitative estimate of drug-likeness (QED) is 0.906. The third-order valence-corrected chi connectivity index (χ3v) is 3.69. The minimum absolute atomic E-state index is 0.0619. The summed E-state index contributed by atoms with van der Waals surface area (Å²) in [5.74, 6) is 0.483. The number of ether oxygens (including phenoxy) is 2. The number of rotatable bonds is 5. The van der Waals surface area contributed by atoms with Gasteiger partial charge in [-0.1, -0.05) is 12.1 Å². The lowest BCUT2D eigenvalue weighted by molar-refractivity contribution is -0.126. The molecule has 0 aliphatic carbocycles. The van der Waals surface area contributed by atoms with Crippen LogP contribution in [0.2, 0.25) is 0 Å². The summed E-state index contributed by atoms with van der Waals surface area (Å²) in [4.78, 5) is 12.0. The van der Waals surface area contributed by atoms with Gasteiger partial charge >= 0.3 is 0 Å². The zero-order chi connectivity index (χ0) is 16.2. The van der Waals surface area contributed by atoms with Crippen molar-refractivity contribution in [2.45, 2.75) is 39.8 Å². The Morgan fingerprint density at radius 3 is 2.95 bits per heavy atom. The van der Waals surface area contributed by atoms with Crippen LogP contribution in [-0.2, 0) is 16.1 Å². The lowest BCUT2D eigenvalue weighted by Gasteiger charge is -2.19. The standard InChI is InChI=1S/C17H22N2O3/c1-12-4-5-13(9-19-16(20)17(2,3)11-18)15(8-12)22-14-6-7-21-10-14/h4-5,8,14H,6-7,9-10H2,1-3H3,(H,19,20)/t14-/m0/s1. The summed E-state index contributed by atoms with van der Waals surface area (Å²) in [6.45, 7) is 6.86. The maximum absolute atomic E-state index is 12.0. The minimum atomic E-state index is -1.04. The van der Waals surface area contributed by atoms with Crippen molar-refractivity contribution in [3.63, 3.8) is 0 Å². The van der Waals surface area contributed by atoms with Crippen LogP contribution in [0, 0.1) is 23.7 Å². The average molecular weight is 302 g/mol. The van der Waals surface area contributed by atoms with E-state index in [1.807, 2.05) is 31.2 Å². The zero-order valence-electron chi connectivity index (χ0n) is 13.3. The Bertz CT molecular complexity index is 584. The number of nitriles is 1. The van der Waals surface area contributed by atoms with Gasteiger partial charge in [-0.15, -0.1) is 0 Å². The van der Waals surface area contributed by atoms with Crippen LogP contribution in [0.5, 0.6) is 5.75 Å². The van der Waals surface area contributed by atoms with Gasteiger partial charge in [0.05, 0.1) is 19.3 Å². The van der Waals surface area contributed by atoms with Gasteiger partial charge in [0.2, 0.25) is 5.91 Å². The molecule has 2 rings (SSSR count). The molecule has 1 atom stereocenters. The maximum Gasteiger partial charge on any atom is 0.240 e. The zero-order valence-corrected chi connectivity index (χ0v) is 13.3. The van der Waals surface area contributed by atoms with Crippen LogP contribution in [0.25, 0.3) is 0 Å². The van der Waals surface area contributed by atoms with Crippen molar-refractivity contribution in [3.05, 3.63) is 29.3 Å². The van der Waals surface area contributed by atoms with Crippen molar-refractivity contribution in [2.24, 2.45) is 5.41 Å². The first kappa shape index (κ1) is 16.3. The first-order valence-electron chi connectivity index (χ1n) is 7.46. The summed E-state index contributed by atoms with van der Waals surface area (Å²) in [5.41, 5.74) is 0.964. The van der Waals surface area contributed by atoms with E-state index in [-0.39, 0.29) is 12.0 Å². The van der Waals surface area contributed by atoms with E-state index in [1.54, 1.807) is 13.8 Å². The van der Waals surface area contributed by atoms with Crippen LogP contribution in [-0.4, -0.2) is 25.2 Å². The predicted octanol–water partition coefficient (Wildman–Crippen LogP) is 2.33. The Hall–Kier alpha value is -2.06. The first-order valence-corrected chi connectivity index (χ1v) is 7.46. The molecule has 0 bridgehead atoms. The number of hydrogen-bond acceptors (Lipinski definition) is 4. The van der Waals surface area contributed by atoms with Crippen molar-refractivity contribution in [1.29, 1.82) is 5.26 Å². The minimum Gasteiger partial charge on any atom is -0.488 e. The molecule has 1 aromatic rings. The Balaban J connectivity index is 2.07. The number of amides is 1. The summed E-state index contributed by atoms with van der Waals surface area (Å²) < 4.78 is 11.3. The summed E-state index contributed by atoms with van der Waals surface area (Å²) in [5, 5.41) is 11.8. The van der Waals surface area contributed by atoms with Crippen LogP contribution in [0.4, 0.5) is 0 Å². The van der Waals surface area contributed by atoms with Gasteiger partial charge < -0.3 is 14.8 Å². The molecule has 1 aliphatic heterocycles. The highest BCUT2D eigenvalue weighted by Gasteiger charge is 2.27. The van der Waals surface area contributed by atoms with Crippen molar-refractivity contribution in [3.8, 4) is 11.8 Å². The number of nitrogens with zero attached hydrogens (tertiary/aromatic N) is 1. The van der Waals surface area contributed by atoms with E-state index in [0.717, 1.165) is 29.9 Å². The summed E-state index contributed by atoms with van der Waals surface area (Å²) in [7, 11) is 0. The molecule has 0 unspecified atom stereocenters. The van der Waals surface area contributed by atoms with Gasteiger partial charge in [0.15, 0.2) is 0 Å². The van der Waals surface area contributed by atoms with E-state index in [4.69, 9.17) is 14.7 Å². The lowest BCUT2D eigenvalue weighted by Crippen LogP contribution is -2.35. The van der Waals surface area contributed by atoms with Crippen LogP contribution in [0.15, 0.2) is 18.2 Å². The van der Waals surface area contributed by atoms with Crippen molar-refractivity contribution < 1.29 is 14.3 Å². The Labute approximate surface area is 131 Å². The van der Waals surface area contributed by atoms with E-state index in [1.165, 1.54) is 0 Å². The van der Waals surface area contributed by atoms with Gasteiger partial charge in [0.25, 0.3) is 0 Å². The predicted molar refractivity (Wildman–Crippen MR) is 82.3 cm³/mol. The molecule has 1 heterocycles. The molecule has 0 spiro atoms. The number of hydrogen-bond donors (Lipinski definition) is 1. The molecule has 0 radical (unpaired) electrons. The average Bonchev–Trinajstić information content (AvgIpc) is 2.99. The molecule has 1 fully saturated rings. The highest BCUT2D eigenvalue weighted by molar-refractivity contribution is 5.84. The first-order chi connectivity index (χ1) is 10.4. The molecule has 1 saturated heterocycles. The molecule has 118 valence electrons. The molecule has 1 aromatic carbocycles. The second kappa shape index (κ2) is 6.80. The molecule has 5 nitrogen and oxygen atoms in total.